The number of hydrogen-bond acceptors (Lipinski definition) is 5. The molecule has 0 bridgehead atoms. The normalized spacial score (nSPS) is 14.9. The molecule has 0 aliphatic carbocycles. The van der Waals surface area contributed by atoms with E-state index in [1.165, 1.54) is 12.1 Å². The number of benzene rings is 2. The van der Waals surface area contributed by atoms with Gasteiger partial charge in [-0.25, -0.2) is 9.37 Å². The van der Waals surface area contributed by atoms with Crippen molar-refractivity contribution in [2.75, 3.05) is 4.90 Å². The molecule has 0 radical (unpaired) electrons. The Morgan fingerprint density at radius 3 is 2.32 bits per heavy atom. The van der Waals surface area contributed by atoms with Crippen LogP contribution in [0.2, 0.25) is 0 Å². The van der Waals surface area contributed by atoms with E-state index in [-0.39, 0.29) is 5.82 Å². The van der Waals surface area contributed by atoms with Gasteiger partial charge in [0, 0.05) is 29.2 Å². The van der Waals surface area contributed by atoms with Crippen LogP contribution in [-0.4, -0.2) is 26.5 Å². The lowest BCUT2D eigenvalue weighted by atomic mass is 10.1. The van der Waals surface area contributed by atoms with E-state index >= 15 is 0 Å². The minimum absolute atomic E-state index is 0.296. The Morgan fingerprint density at radius 2 is 1.61 bits per heavy atom. The first-order valence-electron chi connectivity index (χ1n) is 9.91. The van der Waals surface area contributed by atoms with E-state index in [9.17, 15) is 4.39 Å². The van der Waals surface area contributed by atoms with E-state index in [1.807, 2.05) is 61.2 Å². The summed E-state index contributed by atoms with van der Waals surface area (Å²) in [5, 5.41) is 4.35. The Balaban J connectivity index is 1.66. The number of anilines is 1. The van der Waals surface area contributed by atoms with Gasteiger partial charge >= 0.3 is 0 Å². The van der Waals surface area contributed by atoms with E-state index in [0.29, 0.717) is 17.4 Å². The van der Waals surface area contributed by atoms with Gasteiger partial charge in [-0.15, -0.1) is 0 Å². The van der Waals surface area contributed by atoms with Crippen molar-refractivity contribution in [2.45, 2.75) is 19.6 Å². The highest BCUT2D eigenvalue weighted by Crippen LogP contribution is 2.35. The molecule has 7 heteroatoms. The summed E-state index contributed by atoms with van der Waals surface area (Å²) in [6.07, 6.45) is 3.44. The van der Waals surface area contributed by atoms with Crippen molar-refractivity contribution >= 4 is 11.5 Å². The second kappa shape index (κ2) is 7.36. The van der Waals surface area contributed by atoms with Gasteiger partial charge in [0.05, 0.1) is 11.4 Å². The molecule has 0 fully saturated rings. The monoisotopic (exact) mass is 413 g/mol. The van der Waals surface area contributed by atoms with Gasteiger partial charge in [-0.1, -0.05) is 23.4 Å². The smallest absolute Gasteiger partial charge is 0.219 e. The van der Waals surface area contributed by atoms with Crippen LogP contribution >= 0.6 is 0 Å². The van der Waals surface area contributed by atoms with Crippen LogP contribution in [-0.2, 0) is 4.84 Å². The number of H-pyrrole nitrogens is 1. The van der Waals surface area contributed by atoms with Gasteiger partial charge < -0.3 is 9.82 Å². The van der Waals surface area contributed by atoms with Gasteiger partial charge in [0.1, 0.15) is 5.82 Å². The summed E-state index contributed by atoms with van der Waals surface area (Å²) in [5.74, 6) is 0.830. The largest absolute Gasteiger partial charge is 0.365 e. The molecule has 0 saturated heterocycles. The van der Waals surface area contributed by atoms with Crippen LogP contribution in [0.4, 0.5) is 10.1 Å². The van der Waals surface area contributed by atoms with Gasteiger partial charge in [-0.2, -0.15) is 0 Å². The van der Waals surface area contributed by atoms with Crippen LogP contribution < -0.4 is 4.90 Å². The van der Waals surface area contributed by atoms with E-state index in [2.05, 4.69) is 15.1 Å². The van der Waals surface area contributed by atoms with Gasteiger partial charge in [0.25, 0.3) is 0 Å². The predicted octanol–water partition coefficient (Wildman–Crippen LogP) is 5.21. The molecule has 31 heavy (non-hydrogen) atoms. The minimum Gasteiger partial charge on any atom is -0.365 e. The van der Waals surface area contributed by atoms with E-state index in [1.54, 1.807) is 24.5 Å². The number of aromatic nitrogens is 3. The van der Waals surface area contributed by atoms with Crippen LogP contribution in [0, 0.1) is 5.82 Å². The van der Waals surface area contributed by atoms with Crippen molar-refractivity contribution in [3.63, 3.8) is 0 Å². The fourth-order valence-corrected chi connectivity index (χ4v) is 3.67. The predicted molar refractivity (Wildman–Crippen MR) is 118 cm³/mol. The van der Waals surface area contributed by atoms with Crippen LogP contribution in [0.3, 0.4) is 0 Å². The Morgan fingerprint density at radius 1 is 0.903 bits per heavy atom. The third-order valence-corrected chi connectivity index (χ3v) is 5.12. The molecule has 5 rings (SSSR count). The van der Waals surface area contributed by atoms with E-state index in [4.69, 9.17) is 9.82 Å². The number of rotatable bonds is 4. The lowest BCUT2D eigenvalue weighted by Crippen LogP contribution is -2.44. The summed E-state index contributed by atoms with van der Waals surface area (Å²) < 4.78 is 13.5. The molecular formula is C24H20FN5O. The molecule has 2 aromatic heterocycles. The zero-order valence-corrected chi connectivity index (χ0v) is 17.1. The van der Waals surface area contributed by atoms with E-state index in [0.717, 1.165) is 22.5 Å². The highest BCUT2D eigenvalue weighted by Gasteiger charge is 2.41. The maximum absolute atomic E-state index is 13.5. The summed E-state index contributed by atoms with van der Waals surface area (Å²) in [7, 11) is 0. The third-order valence-electron chi connectivity index (χ3n) is 5.12. The molecule has 2 aromatic carbocycles. The summed E-state index contributed by atoms with van der Waals surface area (Å²) in [4.78, 5) is 20.1. The number of aromatic amines is 1. The molecule has 0 unspecified atom stereocenters. The minimum atomic E-state index is -0.684. The first-order chi connectivity index (χ1) is 15.0. The fourth-order valence-electron chi connectivity index (χ4n) is 3.67. The zero-order chi connectivity index (χ0) is 21.4. The first-order valence-corrected chi connectivity index (χ1v) is 9.91. The van der Waals surface area contributed by atoms with Crippen molar-refractivity contribution in [3.05, 3.63) is 90.8 Å². The van der Waals surface area contributed by atoms with Gasteiger partial charge in [0.2, 0.25) is 11.6 Å². The van der Waals surface area contributed by atoms with Crippen molar-refractivity contribution < 1.29 is 9.23 Å². The highest BCUT2D eigenvalue weighted by molar-refractivity contribution is 6.09. The molecular weight excluding hydrogens is 393 g/mol. The van der Waals surface area contributed by atoms with Gasteiger partial charge in [-0.05, 0) is 62.4 Å². The van der Waals surface area contributed by atoms with Gasteiger partial charge in [-0.3, -0.25) is 9.88 Å². The number of nitrogens with zero attached hydrogens (tertiary/aromatic N) is 4. The Bertz CT molecular complexity index is 1230. The Labute approximate surface area is 179 Å². The lowest BCUT2D eigenvalue weighted by molar-refractivity contribution is 0.0138. The topological polar surface area (TPSA) is 66.4 Å². The number of para-hydroxylation sites is 1. The molecule has 3 heterocycles. The van der Waals surface area contributed by atoms with Crippen LogP contribution in [0.25, 0.3) is 22.5 Å². The summed E-state index contributed by atoms with van der Waals surface area (Å²) in [5.41, 5.74) is 3.45. The van der Waals surface area contributed by atoms with Gasteiger partial charge in [0.15, 0.2) is 5.82 Å². The van der Waals surface area contributed by atoms with Crippen LogP contribution in [0.1, 0.15) is 19.7 Å². The second-order valence-electron chi connectivity index (χ2n) is 7.68. The third kappa shape index (κ3) is 3.44. The lowest BCUT2D eigenvalue weighted by Gasteiger charge is -2.30. The number of pyridine rings is 1. The van der Waals surface area contributed by atoms with Crippen molar-refractivity contribution in [1.29, 1.82) is 0 Å². The Kier molecular flexibility index (Phi) is 4.51. The average Bonchev–Trinajstić information content (AvgIpc) is 3.36. The quantitative estimate of drug-likeness (QED) is 0.499. The number of nitrogens with one attached hydrogen (secondary N) is 1. The number of imidazole rings is 1. The zero-order valence-electron chi connectivity index (χ0n) is 17.1. The van der Waals surface area contributed by atoms with E-state index < -0.39 is 5.72 Å². The molecule has 0 atom stereocenters. The molecule has 6 nitrogen and oxygen atoms in total. The Hall–Kier alpha value is -4.00. The first kappa shape index (κ1) is 19.0. The highest BCUT2D eigenvalue weighted by atomic mass is 19.1. The molecule has 1 aliphatic heterocycles. The summed E-state index contributed by atoms with van der Waals surface area (Å²) in [6.45, 7) is 3.90. The molecule has 0 spiro atoms. The van der Waals surface area contributed by atoms with Crippen LogP contribution in [0.5, 0.6) is 0 Å². The number of halogens is 1. The second-order valence-corrected chi connectivity index (χ2v) is 7.68. The maximum Gasteiger partial charge on any atom is 0.219 e. The van der Waals surface area contributed by atoms with Crippen molar-refractivity contribution in [3.8, 4) is 22.5 Å². The van der Waals surface area contributed by atoms with Crippen molar-refractivity contribution in [2.24, 2.45) is 5.16 Å². The maximum atomic E-state index is 13.5. The SMILES string of the molecule is CC1(C)ON=C(c2nc(-c3ccc(F)cc3)c(-c3ccncc3)[nH]2)N1c1ccccc1. The fraction of sp³-hybridized carbons (Fsp3) is 0.125. The molecule has 0 amide bonds. The average molecular weight is 413 g/mol. The number of hydrogen-bond donors (Lipinski definition) is 1. The summed E-state index contributed by atoms with van der Waals surface area (Å²) in [6, 6.07) is 20.0. The summed E-state index contributed by atoms with van der Waals surface area (Å²) >= 11 is 0. The molecule has 154 valence electrons. The van der Waals surface area contributed by atoms with Crippen molar-refractivity contribution in [1.82, 2.24) is 15.0 Å². The number of oxime groups is 1. The molecule has 0 saturated carbocycles. The molecule has 1 aliphatic rings. The molecule has 4 aromatic rings. The standard InChI is InChI=1S/C24H20FN5O/c1-24(2)30(19-6-4-3-5-7-19)23(29-31-24)22-27-20(16-8-10-18(25)11-9-16)21(28-22)17-12-14-26-15-13-17/h3-15H,1-2H3,(H,27,28). The molecule has 1 N–H and O–H groups in total. The number of amidine groups is 1. The van der Waals surface area contributed by atoms with Crippen LogP contribution in [0.15, 0.2) is 84.3 Å².